The lowest BCUT2D eigenvalue weighted by molar-refractivity contribution is -0.151. The molecular formula is C12H20FNO5. The maximum Gasteiger partial charge on any atom is 0.343 e. The summed E-state index contributed by atoms with van der Waals surface area (Å²) in [5.74, 6) is -1.91. The molecule has 0 bridgehead atoms. The number of amides is 1. The van der Waals surface area contributed by atoms with Gasteiger partial charge < -0.3 is 19.5 Å². The molecule has 1 N–H and O–H groups in total. The van der Waals surface area contributed by atoms with Crippen molar-refractivity contribution in [2.75, 3.05) is 32.9 Å². The summed E-state index contributed by atoms with van der Waals surface area (Å²) in [6, 6.07) is 0. The summed E-state index contributed by atoms with van der Waals surface area (Å²) >= 11 is 0. The highest BCUT2D eigenvalue weighted by molar-refractivity contribution is 5.84. The zero-order valence-electron chi connectivity index (χ0n) is 11.2. The SMILES string of the molecule is CCOCCOC(C)C(=O)N1CCC(F)(C(=O)O)C1. The van der Waals surface area contributed by atoms with Crippen molar-refractivity contribution < 1.29 is 28.6 Å². The van der Waals surface area contributed by atoms with Gasteiger partial charge in [-0.1, -0.05) is 0 Å². The number of alkyl halides is 1. The number of aliphatic carboxylic acids is 1. The molecule has 2 atom stereocenters. The van der Waals surface area contributed by atoms with Gasteiger partial charge in [0.05, 0.1) is 19.8 Å². The first-order valence-electron chi connectivity index (χ1n) is 6.31. The second-order valence-corrected chi connectivity index (χ2v) is 4.49. The molecule has 2 unspecified atom stereocenters. The molecule has 1 rings (SSSR count). The number of likely N-dealkylation sites (tertiary alicyclic amines) is 1. The first-order chi connectivity index (χ1) is 8.90. The van der Waals surface area contributed by atoms with Gasteiger partial charge in [-0.15, -0.1) is 0 Å². The van der Waals surface area contributed by atoms with Crippen LogP contribution < -0.4 is 0 Å². The van der Waals surface area contributed by atoms with Crippen molar-refractivity contribution in [1.29, 1.82) is 0 Å². The van der Waals surface area contributed by atoms with Gasteiger partial charge in [-0.2, -0.15) is 0 Å². The summed E-state index contributed by atoms with van der Waals surface area (Å²) in [7, 11) is 0. The lowest BCUT2D eigenvalue weighted by atomic mass is 10.1. The summed E-state index contributed by atoms with van der Waals surface area (Å²) in [5.41, 5.74) is -2.33. The van der Waals surface area contributed by atoms with Gasteiger partial charge in [0.1, 0.15) is 6.10 Å². The number of hydrogen-bond donors (Lipinski definition) is 1. The fourth-order valence-corrected chi connectivity index (χ4v) is 1.89. The Balaban J connectivity index is 2.40. The smallest absolute Gasteiger partial charge is 0.343 e. The van der Waals surface area contributed by atoms with Gasteiger partial charge in [0.2, 0.25) is 5.67 Å². The Hall–Kier alpha value is -1.21. The topological polar surface area (TPSA) is 76.1 Å². The number of nitrogens with zero attached hydrogens (tertiary/aromatic N) is 1. The number of ether oxygens (including phenoxy) is 2. The van der Waals surface area contributed by atoms with Crippen LogP contribution in [0.25, 0.3) is 0 Å². The molecule has 0 aromatic heterocycles. The van der Waals surface area contributed by atoms with Gasteiger partial charge in [0.15, 0.2) is 0 Å². The summed E-state index contributed by atoms with van der Waals surface area (Å²) < 4.78 is 24.1. The van der Waals surface area contributed by atoms with Crippen LogP contribution in [0.3, 0.4) is 0 Å². The van der Waals surface area contributed by atoms with E-state index in [9.17, 15) is 14.0 Å². The van der Waals surface area contributed by atoms with Crippen LogP contribution in [0.4, 0.5) is 4.39 Å². The molecule has 6 nitrogen and oxygen atoms in total. The van der Waals surface area contributed by atoms with E-state index >= 15 is 0 Å². The second-order valence-electron chi connectivity index (χ2n) is 4.49. The first-order valence-corrected chi connectivity index (χ1v) is 6.31. The van der Waals surface area contributed by atoms with Gasteiger partial charge in [0, 0.05) is 19.6 Å². The highest BCUT2D eigenvalue weighted by Crippen LogP contribution is 2.26. The lowest BCUT2D eigenvalue weighted by Crippen LogP contribution is -2.42. The van der Waals surface area contributed by atoms with Crippen LogP contribution in [0.2, 0.25) is 0 Å². The van der Waals surface area contributed by atoms with Crippen molar-refractivity contribution in [3.05, 3.63) is 0 Å². The van der Waals surface area contributed by atoms with Crippen molar-refractivity contribution in [3.8, 4) is 0 Å². The third-order valence-electron chi connectivity index (χ3n) is 3.06. The van der Waals surface area contributed by atoms with E-state index in [1.54, 1.807) is 6.92 Å². The number of halogens is 1. The molecule has 1 aliphatic heterocycles. The molecule has 0 radical (unpaired) electrons. The third-order valence-corrected chi connectivity index (χ3v) is 3.06. The Morgan fingerprint density at radius 1 is 1.47 bits per heavy atom. The first kappa shape index (κ1) is 15.8. The number of carboxylic acids is 1. The van der Waals surface area contributed by atoms with E-state index in [4.69, 9.17) is 14.6 Å². The minimum atomic E-state index is -2.33. The zero-order chi connectivity index (χ0) is 14.5. The third kappa shape index (κ3) is 4.14. The van der Waals surface area contributed by atoms with E-state index in [0.29, 0.717) is 13.2 Å². The van der Waals surface area contributed by atoms with E-state index in [1.807, 2.05) is 6.92 Å². The molecule has 1 fully saturated rings. The van der Waals surface area contributed by atoms with Gasteiger partial charge in [-0.3, -0.25) is 4.79 Å². The van der Waals surface area contributed by atoms with Crippen molar-refractivity contribution in [3.63, 3.8) is 0 Å². The Labute approximate surface area is 111 Å². The summed E-state index contributed by atoms with van der Waals surface area (Å²) in [6.45, 7) is 4.32. The molecule has 0 aromatic rings. The number of carboxylic acid groups (broad SMARTS) is 1. The normalized spacial score (nSPS) is 24.5. The fraction of sp³-hybridized carbons (Fsp3) is 0.833. The molecule has 0 spiro atoms. The van der Waals surface area contributed by atoms with E-state index in [-0.39, 0.29) is 19.6 Å². The lowest BCUT2D eigenvalue weighted by Gasteiger charge is -2.21. The quantitative estimate of drug-likeness (QED) is 0.684. The predicted molar refractivity (Wildman–Crippen MR) is 64.6 cm³/mol. The van der Waals surface area contributed by atoms with E-state index in [1.165, 1.54) is 4.90 Å². The molecule has 110 valence electrons. The van der Waals surface area contributed by atoms with Crippen LogP contribution in [-0.2, 0) is 19.1 Å². The maximum atomic E-state index is 13.8. The summed E-state index contributed by atoms with van der Waals surface area (Å²) in [4.78, 5) is 23.9. The zero-order valence-corrected chi connectivity index (χ0v) is 11.2. The Morgan fingerprint density at radius 2 is 2.16 bits per heavy atom. The molecule has 7 heteroatoms. The van der Waals surface area contributed by atoms with Gasteiger partial charge in [-0.05, 0) is 13.8 Å². The van der Waals surface area contributed by atoms with E-state index < -0.39 is 30.2 Å². The molecule has 1 aliphatic rings. The van der Waals surface area contributed by atoms with Gasteiger partial charge in [-0.25, -0.2) is 9.18 Å². The molecule has 19 heavy (non-hydrogen) atoms. The van der Waals surface area contributed by atoms with Crippen LogP contribution in [0.5, 0.6) is 0 Å². The molecule has 0 aliphatic carbocycles. The minimum absolute atomic E-state index is 0.0980. The fourth-order valence-electron chi connectivity index (χ4n) is 1.89. The summed E-state index contributed by atoms with van der Waals surface area (Å²) in [5, 5.41) is 8.75. The Morgan fingerprint density at radius 3 is 2.68 bits per heavy atom. The molecule has 1 saturated heterocycles. The van der Waals surface area contributed by atoms with E-state index in [0.717, 1.165) is 0 Å². The van der Waals surface area contributed by atoms with Gasteiger partial charge >= 0.3 is 5.97 Å². The largest absolute Gasteiger partial charge is 0.479 e. The maximum absolute atomic E-state index is 13.8. The standard InChI is InChI=1S/C12H20FNO5/c1-3-18-6-7-19-9(2)10(15)14-5-4-12(13,8-14)11(16)17/h9H,3-8H2,1-2H3,(H,16,17). The molecule has 1 heterocycles. The molecular weight excluding hydrogens is 257 g/mol. The second kappa shape index (κ2) is 6.81. The number of carbonyl (C=O) groups is 2. The van der Waals surface area contributed by atoms with Crippen molar-refractivity contribution in [2.45, 2.75) is 32.0 Å². The van der Waals surface area contributed by atoms with Crippen LogP contribution in [0, 0.1) is 0 Å². The molecule has 0 aromatic carbocycles. The van der Waals surface area contributed by atoms with Crippen LogP contribution in [0.15, 0.2) is 0 Å². The number of carbonyl (C=O) groups excluding carboxylic acids is 1. The molecule has 0 saturated carbocycles. The monoisotopic (exact) mass is 277 g/mol. The van der Waals surface area contributed by atoms with Gasteiger partial charge in [0.25, 0.3) is 5.91 Å². The van der Waals surface area contributed by atoms with Crippen LogP contribution in [0.1, 0.15) is 20.3 Å². The number of hydrogen-bond acceptors (Lipinski definition) is 4. The molecule has 1 amide bonds. The highest BCUT2D eigenvalue weighted by Gasteiger charge is 2.47. The number of rotatable bonds is 7. The summed E-state index contributed by atoms with van der Waals surface area (Å²) in [6.07, 6.45) is -0.906. The average Bonchev–Trinajstić information content (AvgIpc) is 2.77. The van der Waals surface area contributed by atoms with Crippen LogP contribution in [-0.4, -0.2) is 66.6 Å². The minimum Gasteiger partial charge on any atom is -0.479 e. The van der Waals surface area contributed by atoms with E-state index in [2.05, 4.69) is 0 Å². The van der Waals surface area contributed by atoms with Crippen molar-refractivity contribution in [2.24, 2.45) is 0 Å². The van der Waals surface area contributed by atoms with Crippen molar-refractivity contribution >= 4 is 11.9 Å². The Kier molecular flexibility index (Phi) is 5.68. The van der Waals surface area contributed by atoms with Crippen molar-refractivity contribution in [1.82, 2.24) is 4.90 Å². The van der Waals surface area contributed by atoms with Crippen LogP contribution >= 0.6 is 0 Å². The predicted octanol–water partition coefficient (Wildman–Crippen LogP) is 0.453. The highest BCUT2D eigenvalue weighted by atomic mass is 19.1. The average molecular weight is 277 g/mol. The Bertz CT molecular complexity index is 338.